The van der Waals surface area contributed by atoms with E-state index < -0.39 is 0 Å². The van der Waals surface area contributed by atoms with Crippen LogP contribution in [0, 0.1) is 5.82 Å². The van der Waals surface area contributed by atoms with E-state index in [-0.39, 0.29) is 18.1 Å². The monoisotopic (exact) mass is 405 g/mol. The van der Waals surface area contributed by atoms with Crippen molar-refractivity contribution in [1.82, 2.24) is 25.2 Å². The Labute approximate surface area is 172 Å². The second-order valence-corrected chi connectivity index (χ2v) is 6.75. The number of nitrogens with zero attached hydrogens (tertiary/aromatic N) is 4. The number of carbonyl (C=O) groups is 1. The maximum Gasteiger partial charge on any atom is 0.227 e. The van der Waals surface area contributed by atoms with E-state index >= 15 is 0 Å². The van der Waals surface area contributed by atoms with Gasteiger partial charge in [0.05, 0.1) is 11.9 Å². The zero-order valence-electron chi connectivity index (χ0n) is 16.2. The third-order valence-corrected chi connectivity index (χ3v) is 4.53. The van der Waals surface area contributed by atoms with Crippen LogP contribution in [-0.4, -0.2) is 32.4 Å². The average Bonchev–Trinajstić information content (AvgIpc) is 3.43. The van der Waals surface area contributed by atoms with Gasteiger partial charge < -0.3 is 9.84 Å². The predicted molar refractivity (Wildman–Crippen MR) is 108 cm³/mol. The lowest BCUT2D eigenvalue weighted by atomic mass is 10.2. The molecule has 152 valence electrons. The van der Waals surface area contributed by atoms with Crippen molar-refractivity contribution >= 4 is 5.91 Å². The average molecular weight is 405 g/mol. The summed E-state index contributed by atoms with van der Waals surface area (Å²) in [5.74, 6) is 0.327. The molecule has 4 aromatic rings. The predicted octanol–water partition coefficient (Wildman–Crippen LogP) is 3.35. The lowest BCUT2D eigenvalue weighted by Gasteiger charge is -2.03. The van der Waals surface area contributed by atoms with Gasteiger partial charge >= 0.3 is 0 Å². The van der Waals surface area contributed by atoms with Crippen LogP contribution < -0.4 is 5.32 Å². The Morgan fingerprint density at radius 1 is 1.07 bits per heavy atom. The molecule has 0 aliphatic heterocycles. The van der Waals surface area contributed by atoms with E-state index in [1.54, 1.807) is 18.3 Å². The molecule has 0 aliphatic carbocycles. The SMILES string of the molecule is O=C(CCc1nc(-c2ccc(F)cc2)no1)NCCc1cnn(-c2ccccc2)c1. The summed E-state index contributed by atoms with van der Waals surface area (Å²) in [5.41, 5.74) is 2.69. The fourth-order valence-corrected chi connectivity index (χ4v) is 2.94. The Kier molecular flexibility index (Phi) is 5.93. The van der Waals surface area contributed by atoms with E-state index in [0.29, 0.717) is 36.7 Å². The first kappa shape index (κ1) is 19.5. The quantitative estimate of drug-likeness (QED) is 0.486. The number of aromatic nitrogens is 4. The second-order valence-electron chi connectivity index (χ2n) is 6.75. The van der Waals surface area contributed by atoms with E-state index in [4.69, 9.17) is 4.52 Å². The largest absolute Gasteiger partial charge is 0.356 e. The summed E-state index contributed by atoms with van der Waals surface area (Å²) in [6, 6.07) is 15.7. The van der Waals surface area contributed by atoms with Crippen molar-refractivity contribution in [3.05, 3.63) is 84.3 Å². The summed E-state index contributed by atoms with van der Waals surface area (Å²) in [7, 11) is 0. The van der Waals surface area contributed by atoms with Gasteiger partial charge in [0.1, 0.15) is 5.82 Å². The van der Waals surface area contributed by atoms with Gasteiger partial charge in [0.2, 0.25) is 17.6 Å². The van der Waals surface area contributed by atoms with Gasteiger partial charge in [-0.3, -0.25) is 4.79 Å². The number of para-hydroxylation sites is 1. The Hall–Kier alpha value is -3.81. The van der Waals surface area contributed by atoms with E-state index in [2.05, 4.69) is 20.6 Å². The van der Waals surface area contributed by atoms with Crippen molar-refractivity contribution in [2.75, 3.05) is 6.54 Å². The smallest absolute Gasteiger partial charge is 0.227 e. The van der Waals surface area contributed by atoms with Crippen LogP contribution in [0.1, 0.15) is 17.9 Å². The maximum atomic E-state index is 13.0. The summed E-state index contributed by atoms with van der Waals surface area (Å²) in [6.45, 7) is 0.518. The number of halogens is 1. The minimum absolute atomic E-state index is 0.0908. The molecule has 7 nitrogen and oxygen atoms in total. The van der Waals surface area contributed by atoms with Crippen molar-refractivity contribution < 1.29 is 13.7 Å². The number of amides is 1. The number of hydrogen-bond acceptors (Lipinski definition) is 5. The number of nitrogens with one attached hydrogen (secondary N) is 1. The van der Waals surface area contributed by atoms with Crippen molar-refractivity contribution in [2.24, 2.45) is 0 Å². The van der Waals surface area contributed by atoms with Gasteiger partial charge in [-0.15, -0.1) is 0 Å². The Morgan fingerprint density at radius 3 is 2.67 bits per heavy atom. The van der Waals surface area contributed by atoms with Crippen LogP contribution in [0.5, 0.6) is 0 Å². The van der Waals surface area contributed by atoms with Crippen LogP contribution in [0.15, 0.2) is 71.5 Å². The van der Waals surface area contributed by atoms with Gasteiger partial charge in [-0.25, -0.2) is 9.07 Å². The number of carbonyl (C=O) groups excluding carboxylic acids is 1. The van der Waals surface area contributed by atoms with Crippen LogP contribution in [0.3, 0.4) is 0 Å². The molecule has 2 heterocycles. The molecule has 1 N–H and O–H groups in total. The molecule has 0 bridgehead atoms. The number of aryl methyl sites for hydroxylation is 1. The van der Waals surface area contributed by atoms with Gasteiger partial charge in [-0.05, 0) is 48.4 Å². The minimum atomic E-state index is -0.327. The molecular weight excluding hydrogens is 385 g/mol. The molecule has 0 atom stereocenters. The van der Waals surface area contributed by atoms with E-state index in [0.717, 1.165) is 11.3 Å². The summed E-state index contributed by atoms with van der Waals surface area (Å²) in [6.07, 6.45) is 5.03. The third-order valence-electron chi connectivity index (χ3n) is 4.53. The first-order valence-corrected chi connectivity index (χ1v) is 9.61. The first-order chi connectivity index (χ1) is 14.7. The maximum absolute atomic E-state index is 13.0. The van der Waals surface area contributed by atoms with Crippen LogP contribution in [-0.2, 0) is 17.6 Å². The Morgan fingerprint density at radius 2 is 1.87 bits per heavy atom. The number of hydrogen-bond donors (Lipinski definition) is 1. The Balaban J connectivity index is 1.21. The molecular formula is C22H20FN5O2. The van der Waals surface area contributed by atoms with Crippen molar-refractivity contribution in [2.45, 2.75) is 19.3 Å². The lowest BCUT2D eigenvalue weighted by molar-refractivity contribution is -0.121. The molecule has 4 rings (SSSR count). The van der Waals surface area contributed by atoms with Gasteiger partial charge in [-0.1, -0.05) is 23.4 Å². The highest BCUT2D eigenvalue weighted by Gasteiger charge is 2.11. The third kappa shape index (κ3) is 4.96. The molecule has 0 aliphatic rings. The van der Waals surface area contributed by atoms with Gasteiger partial charge in [0, 0.05) is 31.1 Å². The topological polar surface area (TPSA) is 85.8 Å². The van der Waals surface area contributed by atoms with E-state index in [1.165, 1.54) is 12.1 Å². The summed E-state index contributed by atoms with van der Waals surface area (Å²) < 4.78 is 20.0. The summed E-state index contributed by atoms with van der Waals surface area (Å²) >= 11 is 0. The van der Waals surface area contributed by atoms with E-state index in [1.807, 2.05) is 41.2 Å². The number of benzene rings is 2. The molecule has 0 saturated heterocycles. The van der Waals surface area contributed by atoms with Crippen LogP contribution in [0.4, 0.5) is 4.39 Å². The molecule has 0 unspecified atom stereocenters. The van der Waals surface area contributed by atoms with Crippen molar-refractivity contribution in [1.29, 1.82) is 0 Å². The van der Waals surface area contributed by atoms with Crippen LogP contribution in [0.25, 0.3) is 17.1 Å². The zero-order chi connectivity index (χ0) is 20.8. The van der Waals surface area contributed by atoms with Gasteiger partial charge in [-0.2, -0.15) is 10.1 Å². The highest BCUT2D eigenvalue weighted by Crippen LogP contribution is 2.16. The second kappa shape index (κ2) is 9.13. The zero-order valence-corrected chi connectivity index (χ0v) is 16.2. The normalized spacial score (nSPS) is 10.8. The molecule has 30 heavy (non-hydrogen) atoms. The Bertz CT molecular complexity index is 1110. The molecule has 0 fully saturated rings. The van der Waals surface area contributed by atoms with Crippen molar-refractivity contribution in [3.8, 4) is 17.1 Å². The number of rotatable bonds is 8. The highest BCUT2D eigenvalue weighted by molar-refractivity contribution is 5.76. The minimum Gasteiger partial charge on any atom is -0.356 e. The van der Waals surface area contributed by atoms with Gasteiger partial charge in [0.25, 0.3) is 0 Å². The summed E-state index contributed by atoms with van der Waals surface area (Å²) in [5, 5.41) is 11.1. The van der Waals surface area contributed by atoms with Crippen molar-refractivity contribution in [3.63, 3.8) is 0 Å². The summed E-state index contributed by atoms with van der Waals surface area (Å²) in [4.78, 5) is 16.3. The molecule has 0 saturated carbocycles. The van der Waals surface area contributed by atoms with Crippen LogP contribution in [0.2, 0.25) is 0 Å². The highest BCUT2D eigenvalue weighted by atomic mass is 19.1. The van der Waals surface area contributed by atoms with Crippen LogP contribution >= 0.6 is 0 Å². The first-order valence-electron chi connectivity index (χ1n) is 9.61. The van der Waals surface area contributed by atoms with Gasteiger partial charge in [0.15, 0.2) is 0 Å². The molecule has 2 aromatic carbocycles. The molecule has 8 heteroatoms. The fraction of sp³-hybridized carbons (Fsp3) is 0.182. The fourth-order valence-electron chi connectivity index (χ4n) is 2.94. The standard InChI is InChI=1S/C22H20FN5O2/c23-18-8-6-17(7-9-18)22-26-21(30-27-22)11-10-20(29)24-13-12-16-14-25-28(15-16)19-4-2-1-3-5-19/h1-9,14-15H,10-13H2,(H,24,29). The molecule has 1 amide bonds. The molecule has 0 radical (unpaired) electrons. The van der Waals surface area contributed by atoms with E-state index in [9.17, 15) is 9.18 Å². The molecule has 2 aromatic heterocycles. The molecule has 0 spiro atoms. The lowest BCUT2D eigenvalue weighted by Crippen LogP contribution is -2.25.